The Bertz CT molecular complexity index is 2710. The SMILES string of the molecule is CCOC(=O)c1ccc2c(c1)[n+](CCCS(=O)(=O)[O-])c(/C=C/C=C1/N(CC)c3cc(-c4nc5ccccc5s4)ccc3N1c1ccccc1)n2-c1ccccc1. The summed E-state index contributed by atoms with van der Waals surface area (Å²) >= 11 is 1.68. The van der Waals surface area contributed by atoms with Gasteiger partial charge in [-0.2, -0.15) is 4.57 Å². The number of imidazole rings is 1. The number of nitrogens with zero attached hydrogens (tertiary/aromatic N) is 5. The van der Waals surface area contributed by atoms with Crippen LogP contribution in [-0.2, 0) is 21.4 Å². The van der Waals surface area contributed by atoms with Gasteiger partial charge in [0.15, 0.2) is 11.0 Å². The van der Waals surface area contributed by atoms with E-state index in [9.17, 15) is 17.8 Å². The number of ether oxygens (including phenoxy) is 1. The van der Waals surface area contributed by atoms with Crippen molar-refractivity contribution in [1.29, 1.82) is 0 Å². The van der Waals surface area contributed by atoms with Gasteiger partial charge in [-0.25, -0.2) is 22.8 Å². The van der Waals surface area contributed by atoms with E-state index in [0.29, 0.717) is 17.6 Å². The topological polar surface area (TPSA) is 112 Å². The van der Waals surface area contributed by atoms with Gasteiger partial charge in [0.2, 0.25) is 0 Å². The van der Waals surface area contributed by atoms with Gasteiger partial charge in [0.25, 0.3) is 5.82 Å². The molecule has 3 heterocycles. The molecule has 1 aliphatic heterocycles. The predicted octanol–water partition coefficient (Wildman–Crippen LogP) is 8.84. The van der Waals surface area contributed by atoms with Crippen molar-refractivity contribution in [3.63, 3.8) is 0 Å². The van der Waals surface area contributed by atoms with E-state index in [-0.39, 0.29) is 19.6 Å². The zero-order chi connectivity index (χ0) is 38.8. The van der Waals surface area contributed by atoms with Crippen LogP contribution in [0.4, 0.5) is 17.1 Å². The van der Waals surface area contributed by atoms with Crippen LogP contribution in [0, 0.1) is 0 Å². The van der Waals surface area contributed by atoms with Gasteiger partial charge >= 0.3 is 5.97 Å². The highest BCUT2D eigenvalue weighted by molar-refractivity contribution is 7.85. The number of para-hydroxylation sites is 3. The molecule has 1 aliphatic rings. The van der Waals surface area contributed by atoms with Crippen molar-refractivity contribution >= 4 is 71.8 Å². The summed E-state index contributed by atoms with van der Waals surface area (Å²) in [6.45, 7) is 5.04. The second-order valence-electron chi connectivity index (χ2n) is 13.2. The van der Waals surface area contributed by atoms with Gasteiger partial charge in [-0.05, 0) is 93.1 Å². The molecule has 7 aromatic rings. The van der Waals surface area contributed by atoms with Crippen molar-refractivity contribution in [3.05, 3.63) is 151 Å². The molecule has 0 saturated carbocycles. The number of aryl methyl sites for hydroxylation is 1. The summed E-state index contributed by atoms with van der Waals surface area (Å²) in [5, 5.41) is 0.961. The molecule has 0 aliphatic carbocycles. The first-order valence-electron chi connectivity index (χ1n) is 18.5. The number of hydrogen-bond acceptors (Lipinski definition) is 9. The Morgan fingerprint density at radius 1 is 0.875 bits per heavy atom. The minimum absolute atomic E-state index is 0.0909. The van der Waals surface area contributed by atoms with Crippen molar-refractivity contribution in [1.82, 2.24) is 9.55 Å². The molecule has 0 unspecified atom stereocenters. The molecule has 0 fully saturated rings. The third-order valence-corrected chi connectivity index (χ3v) is 11.6. The fourth-order valence-corrected chi connectivity index (χ4v) is 8.72. The number of rotatable bonds is 12. The first kappa shape index (κ1) is 36.9. The lowest BCUT2D eigenvalue weighted by atomic mass is 10.1. The van der Waals surface area contributed by atoms with Gasteiger partial charge in [-0.3, -0.25) is 4.90 Å². The molecule has 0 radical (unpaired) electrons. The summed E-state index contributed by atoms with van der Waals surface area (Å²) < 4.78 is 45.6. The molecule has 0 N–H and O–H groups in total. The van der Waals surface area contributed by atoms with E-state index in [1.807, 2.05) is 89.5 Å². The number of fused-ring (bicyclic) bond motifs is 3. The standard InChI is InChI=1S/C44H39N5O5S2/c1-3-46-38-29-31(43-45-35-19-11-12-20-40(35)55-43)23-25-36(38)48(33-15-7-5-8-16-33)41(46)21-13-22-42-47(27-14-28-56(51,52)53)39-30-32(44(50)54-4-2)24-26-37(39)49(42)34-17-9-6-10-18-34/h5-13,15-26,29-30H,3-4,14,27-28H2,1-2H3. The number of aromatic nitrogens is 3. The van der Waals surface area contributed by atoms with Crippen LogP contribution < -0.4 is 14.4 Å². The van der Waals surface area contributed by atoms with E-state index in [1.54, 1.807) is 30.4 Å². The molecule has 282 valence electrons. The largest absolute Gasteiger partial charge is 0.748 e. The quantitative estimate of drug-likeness (QED) is 0.0687. The molecule has 2 aromatic heterocycles. The first-order chi connectivity index (χ1) is 27.2. The third kappa shape index (κ3) is 7.22. The van der Waals surface area contributed by atoms with Crippen molar-refractivity contribution in [2.45, 2.75) is 26.8 Å². The molecule has 12 heteroatoms. The first-order valence-corrected chi connectivity index (χ1v) is 20.9. The van der Waals surface area contributed by atoms with Gasteiger partial charge in [-0.1, -0.05) is 54.6 Å². The lowest BCUT2D eigenvalue weighted by Gasteiger charge is -2.24. The Balaban J connectivity index is 1.27. The summed E-state index contributed by atoms with van der Waals surface area (Å²) in [6.07, 6.45) is 6.16. The van der Waals surface area contributed by atoms with E-state index in [4.69, 9.17) is 9.72 Å². The second-order valence-corrected chi connectivity index (χ2v) is 15.8. The number of carbonyl (C=O) groups is 1. The average Bonchev–Trinajstić information content (AvgIpc) is 3.87. The molecular weight excluding hydrogens is 743 g/mol. The summed E-state index contributed by atoms with van der Waals surface area (Å²) in [5.74, 6) is 0.708. The summed E-state index contributed by atoms with van der Waals surface area (Å²) in [6, 6.07) is 40.1. The van der Waals surface area contributed by atoms with Crippen molar-refractivity contribution in [2.75, 3.05) is 28.7 Å². The van der Waals surface area contributed by atoms with Crippen molar-refractivity contribution < 1.29 is 27.1 Å². The minimum Gasteiger partial charge on any atom is -0.748 e. The van der Waals surface area contributed by atoms with E-state index in [0.717, 1.165) is 60.7 Å². The van der Waals surface area contributed by atoms with Crippen LogP contribution in [0.3, 0.4) is 0 Å². The molecule has 8 rings (SSSR count). The highest BCUT2D eigenvalue weighted by Gasteiger charge is 2.32. The maximum atomic E-state index is 12.9. The van der Waals surface area contributed by atoms with Crippen LogP contribution in [0.2, 0.25) is 0 Å². The van der Waals surface area contributed by atoms with E-state index >= 15 is 0 Å². The number of hydrogen-bond donors (Lipinski definition) is 0. The second kappa shape index (κ2) is 15.6. The zero-order valence-corrected chi connectivity index (χ0v) is 32.5. The highest BCUT2D eigenvalue weighted by atomic mass is 32.2. The molecule has 10 nitrogen and oxygen atoms in total. The minimum atomic E-state index is -4.44. The van der Waals surface area contributed by atoms with Crippen molar-refractivity contribution in [2.24, 2.45) is 0 Å². The van der Waals surface area contributed by atoms with E-state index < -0.39 is 21.8 Å². The zero-order valence-electron chi connectivity index (χ0n) is 30.9. The Morgan fingerprint density at radius 2 is 1.61 bits per heavy atom. The number of carbonyl (C=O) groups excluding carboxylic acids is 1. The van der Waals surface area contributed by atoms with Crippen LogP contribution in [-0.4, -0.2) is 47.4 Å². The smallest absolute Gasteiger partial charge is 0.338 e. The van der Waals surface area contributed by atoms with E-state index in [1.165, 1.54) is 0 Å². The van der Waals surface area contributed by atoms with Crippen molar-refractivity contribution in [3.8, 4) is 16.3 Å². The van der Waals surface area contributed by atoms with Gasteiger partial charge in [0.1, 0.15) is 16.5 Å². The predicted molar refractivity (Wildman–Crippen MR) is 222 cm³/mol. The number of esters is 1. The molecule has 0 spiro atoms. The van der Waals surface area contributed by atoms with Crippen LogP contribution in [0.5, 0.6) is 0 Å². The lowest BCUT2D eigenvalue weighted by molar-refractivity contribution is -0.673. The van der Waals surface area contributed by atoms with Crippen LogP contribution in [0.1, 0.15) is 36.5 Å². The molecular formula is C44H39N5O5S2. The van der Waals surface area contributed by atoms with Gasteiger partial charge in [0, 0.05) is 35.7 Å². The summed E-state index contributed by atoms with van der Waals surface area (Å²) in [5.41, 5.74) is 7.89. The average molecular weight is 782 g/mol. The van der Waals surface area contributed by atoms with Gasteiger partial charge in [0.05, 0.1) is 50.4 Å². The molecule has 56 heavy (non-hydrogen) atoms. The fourth-order valence-electron chi connectivity index (χ4n) is 7.28. The van der Waals surface area contributed by atoms with E-state index in [2.05, 4.69) is 63.8 Å². The summed E-state index contributed by atoms with van der Waals surface area (Å²) in [7, 11) is -4.44. The number of anilines is 3. The molecule has 0 bridgehead atoms. The Morgan fingerprint density at radius 3 is 2.32 bits per heavy atom. The lowest BCUT2D eigenvalue weighted by Crippen LogP contribution is -2.37. The summed E-state index contributed by atoms with van der Waals surface area (Å²) in [4.78, 5) is 22.3. The van der Waals surface area contributed by atoms with Gasteiger partial charge < -0.3 is 14.2 Å². The monoisotopic (exact) mass is 781 g/mol. The van der Waals surface area contributed by atoms with Crippen LogP contribution >= 0.6 is 11.3 Å². The normalized spacial score (nSPS) is 13.7. The van der Waals surface area contributed by atoms with Gasteiger partial charge in [-0.15, -0.1) is 11.3 Å². The van der Waals surface area contributed by atoms with Crippen LogP contribution in [0.15, 0.2) is 139 Å². The number of benzene rings is 5. The fraction of sp³-hybridized carbons (Fsp3) is 0.159. The third-order valence-electron chi connectivity index (χ3n) is 9.69. The maximum Gasteiger partial charge on any atom is 0.338 e. The Kier molecular flexibility index (Phi) is 10.3. The highest BCUT2D eigenvalue weighted by Crippen LogP contribution is 2.48. The molecule has 5 aromatic carbocycles. The molecule has 0 amide bonds. The molecule has 0 atom stereocenters. The van der Waals surface area contributed by atoms with Crippen LogP contribution in [0.25, 0.3) is 43.6 Å². The Labute approximate surface area is 329 Å². The molecule has 0 saturated heterocycles. The Hall–Kier alpha value is -6.08. The number of allylic oxidation sites excluding steroid dienone is 2. The maximum absolute atomic E-state index is 12.9. The number of thiazole rings is 1.